The van der Waals surface area contributed by atoms with Crippen LogP contribution in [0.2, 0.25) is 0 Å². The van der Waals surface area contributed by atoms with Gasteiger partial charge >= 0.3 is 0 Å². The van der Waals surface area contributed by atoms with Crippen LogP contribution in [0.25, 0.3) is 0 Å². The Morgan fingerprint density at radius 3 is 2.43 bits per heavy atom. The third-order valence-electron chi connectivity index (χ3n) is 3.23. The number of carbonyl (C=O) groups is 1. The van der Waals surface area contributed by atoms with Gasteiger partial charge in [0.15, 0.2) is 0 Å². The van der Waals surface area contributed by atoms with E-state index in [1.54, 1.807) is 37.3 Å². The molecule has 0 saturated heterocycles. The lowest BCUT2D eigenvalue weighted by Gasteiger charge is -2.12. The monoisotopic (exact) mass is 314 g/mol. The van der Waals surface area contributed by atoms with E-state index >= 15 is 0 Å². The minimum Gasteiger partial charge on any atom is -0.507 e. The zero-order chi connectivity index (χ0) is 16.8. The highest BCUT2D eigenvalue weighted by atomic mass is 16.5. The first-order valence-electron chi connectivity index (χ1n) is 6.92. The molecule has 0 fully saturated rings. The summed E-state index contributed by atoms with van der Waals surface area (Å²) >= 11 is 0. The molecule has 2 N–H and O–H groups in total. The van der Waals surface area contributed by atoms with Crippen LogP contribution in [0.15, 0.2) is 47.6 Å². The first-order chi connectivity index (χ1) is 11.1. The van der Waals surface area contributed by atoms with Crippen LogP contribution in [-0.2, 0) is 0 Å². The van der Waals surface area contributed by atoms with E-state index in [0.29, 0.717) is 28.3 Å². The minimum atomic E-state index is -0.336. The molecule has 120 valence electrons. The summed E-state index contributed by atoms with van der Waals surface area (Å²) in [6.07, 6.45) is 0. The van der Waals surface area contributed by atoms with Gasteiger partial charge in [0.2, 0.25) is 0 Å². The Bertz CT molecular complexity index is 727. The normalized spacial score (nSPS) is 11.0. The average Bonchev–Trinajstić information content (AvgIpc) is 2.59. The minimum absolute atomic E-state index is 0.0450. The van der Waals surface area contributed by atoms with Crippen LogP contribution in [0.5, 0.6) is 17.2 Å². The number of phenolic OH excluding ortho intramolecular Hbond substituents is 1. The average molecular weight is 314 g/mol. The van der Waals surface area contributed by atoms with Gasteiger partial charge in [0.1, 0.15) is 17.2 Å². The highest BCUT2D eigenvalue weighted by molar-refractivity contribution is 6.04. The molecule has 2 aromatic rings. The second-order valence-corrected chi connectivity index (χ2v) is 4.73. The topological polar surface area (TPSA) is 80.2 Å². The van der Waals surface area contributed by atoms with E-state index in [2.05, 4.69) is 10.5 Å². The second-order valence-electron chi connectivity index (χ2n) is 4.73. The molecule has 0 aliphatic carbocycles. The van der Waals surface area contributed by atoms with E-state index in [4.69, 9.17) is 9.47 Å². The van der Waals surface area contributed by atoms with Gasteiger partial charge in [-0.1, -0.05) is 18.2 Å². The van der Waals surface area contributed by atoms with E-state index < -0.39 is 0 Å². The molecule has 0 aromatic heterocycles. The SMILES string of the molecule is COc1cc(O)c(/C(C)=N/NC(=O)c2ccccc2)c(OC)c1. The van der Waals surface area contributed by atoms with Gasteiger partial charge in [0, 0.05) is 17.7 Å². The quantitative estimate of drug-likeness (QED) is 0.656. The number of aromatic hydroxyl groups is 1. The lowest BCUT2D eigenvalue weighted by molar-refractivity contribution is 0.0955. The molecule has 0 spiro atoms. The molecule has 0 heterocycles. The maximum atomic E-state index is 12.0. The van der Waals surface area contributed by atoms with Crippen LogP contribution >= 0.6 is 0 Å². The molecular weight excluding hydrogens is 296 g/mol. The molecule has 2 rings (SSSR count). The van der Waals surface area contributed by atoms with Crippen molar-refractivity contribution in [2.75, 3.05) is 14.2 Å². The van der Waals surface area contributed by atoms with Crippen LogP contribution in [0.3, 0.4) is 0 Å². The molecule has 23 heavy (non-hydrogen) atoms. The molecule has 0 bridgehead atoms. The van der Waals surface area contributed by atoms with Crippen molar-refractivity contribution in [2.45, 2.75) is 6.92 Å². The molecule has 1 amide bonds. The fourth-order valence-electron chi connectivity index (χ4n) is 2.06. The van der Waals surface area contributed by atoms with Gasteiger partial charge in [-0.3, -0.25) is 4.79 Å². The molecule has 0 atom stereocenters. The number of nitrogens with zero attached hydrogens (tertiary/aromatic N) is 1. The third kappa shape index (κ3) is 3.79. The Labute approximate surface area is 134 Å². The first kappa shape index (κ1) is 16.4. The van der Waals surface area contributed by atoms with Crippen molar-refractivity contribution in [1.82, 2.24) is 5.43 Å². The summed E-state index contributed by atoms with van der Waals surface area (Å²) in [5.41, 5.74) is 3.75. The molecule has 2 aromatic carbocycles. The Morgan fingerprint density at radius 1 is 1.13 bits per heavy atom. The standard InChI is InChI=1S/C17H18N2O4/c1-11(18-19-17(21)12-7-5-4-6-8-12)16-14(20)9-13(22-2)10-15(16)23-3/h4-10,20H,1-3H3,(H,19,21)/b18-11+. The predicted octanol–water partition coefficient (Wildman–Crippen LogP) is 2.56. The number of phenols is 1. The lowest BCUT2D eigenvalue weighted by atomic mass is 10.1. The van der Waals surface area contributed by atoms with Crippen molar-refractivity contribution in [3.05, 3.63) is 53.6 Å². The van der Waals surface area contributed by atoms with Gasteiger partial charge in [-0.2, -0.15) is 5.10 Å². The van der Waals surface area contributed by atoms with Crippen molar-refractivity contribution >= 4 is 11.6 Å². The third-order valence-corrected chi connectivity index (χ3v) is 3.23. The molecule has 0 radical (unpaired) electrons. The molecule has 0 saturated carbocycles. The smallest absolute Gasteiger partial charge is 0.271 e. The van der Waals surface area contributed by atoms with Crippen molar-refractivity contribution in [1.29, 1.82) is 0 Å². The number of nitrogens with one attached hydrogen (secondary N) is 1. The second kappa shape index (κ2) is 7.31. The zero-order valence-electron chi connectivity index (χ0n) is 13.2. The fraction of sp³-hybridized carbons (Fsp3) is 0.176. The summed E-state index contributed by atoms with van der Waals surface area (Å²) in [5, 5.41) is 14.2. The molecular formula is C17H18N2O4. The molecule has 0 aliphatic rings. The highest BCUT2D eigenvalue weighted by Crippen LogP contribution is 2.33. The molecule has 6 nitrogen and oxygen atoms in total. The number of ether oxygens (including phenoxy) is 2. The highest BCUT2D eigenvalue weighted by Gasteiger charge is 2.15. The van der Waals surface area contributed by atoms with Gasteiger partial charge in [-0.25, -0.2) is 5.43 Å². The first-order valence-corrected chi connectivity index (χ1v) is 6.92. The number of hydrazone groups is 1. The van der Waals surface area contributed by atoms with Crippen molar-refractivity contribution in [3.8, 4) is 17.2 Å². The van der Waals surface area contributed by atoms with Gasteiger partial charge in [0.05, 0.1) is 25.5 Å². The van der Waals surface area contributed by atoms with Gasteiger partial charge < -0.3 is 14.6 Å². The zero-order valence-corrected chi connectivity index (χ0v) is 13.2. The lowest BCUT2D eigenvalue weighted by Crippen LogP contribution is -2.19. The van der Waals surface area contributed by atoms with Gasteiger partial charge in [0.25, 0.3) is 5.91 Å². The maximum absolute atomic E-state index is 12.0. The predicted molar refractivity (Wildman–Crippen MR) is 87.3 cm³/mol. The van der Waals surface area contributed by atoms with E-state index in [9.17, 15) is 9.90 Å². The van der Waals surface area contributed by atoms with E-state index in [-0.39, 0.29) is 11.7 Å². The Morgan fingerprint density at radius 2 is 1.83 bits per heavy atom. The van der Waals surface area contributed by atoms with E-state index in [1.165, 1.54) is 20.3 Å². The summed E-state index contributed by atoms with van der Waals surface area (Å²) in [6.45, 7) is 1.66. The largest absolute Gasteiger partial charge is 0.507 e. The molecule has 0 aliphatic heterocycles. The summed E-state index contributed by atoms with van der Waals surface area (Å²) < 4.78 is 10.3. The van der Waals surface area contributed by atoms with Crippen LogP contribution in [0.1, 0.15) is 22.8 Å². The molecule has 0 unspecified atom stereocenters. The Hall–Kier alpha value is -3.02. The van der Waals surface area contributed by atoms with Crippen LogP contribution in [-0.4, -0.2) is 30.9 Å². The van der Waals surface area contributed by atoms with Gasteiger partial charge in [-0.15, -0.1) is 0 Å². The Kier molecular flexibility index (Phi) is 5.19. The number of benzene rings is 2. The van der Waals surface area contributed by atoms with Crippen LogP contribution in [0.4, 0.5) is 0 Å². The summed E-state index contributed by atoms with van der Waals surface area (Å²) in [4.78, 5) is 12.0. The van der Waals surface area contributed by atoms with Crippen LogP contribution < -0.4 is 14.9 Å². The van der Waals surface area contributed by atoms with Gasteiger partial charge in [-0.05, 0) is 19.1 Å². The van der Waals surface area contributed by atoms with Crippen LogP contribution in [0, 0.1) is 0 Å². The summed E-state index contributed by atoms with van der Waals surface area (Å²) in [7, 11) is 2.97. The summed E-state index contributed by atoms with van der Waals surface area (Å²) in [5.74, 6) is 0.481. The van der Waals surface area contributed by atoms with Crippen molar-refractivity contribution in [3.63, 3.8) is 0 Å². The fourth-order valence-corrected chi connectivity index (χ4v) is 2.06. The number of rotatable bonds is 5. The number of hydrogen-bond acceptors (Lipinski definition) is 5. The maximum Gasteiger partial charge on any atom is 0.271 e. The van der Waals surface area contributed by atoms with Crippen molar-refractivity contribution in [2.24, 2.45) is 5.10 Å². The van der Waals surface area contributed by atoms with Crippen molar-refractivity contribution < 1.29 is 19.4 Å². The van der Waals surface area contributed by atoms with E-state index in [1.807, 2.05) is 6.07 Å². The number of methoxy groups -OCH3 is 2. The Balaban J connectivity index is 2.26. The molecule has 6 heteroatoms. The number of amides is 1. The van der Waals surface area contributed by atoms with E-state index in [0.717, 1.165) is 0 Å². The summed E-state index contributed by atoms with van der Waals surface area (Å²) in [6, 6.07) is 11.8. The number of carbonyl (C=O) groups excluding carboxylic acids is 1. The number of hydrogen-bond donors (Lipinski definition) is 2.